The van der Waals surface area contributed by atoms with Crippen molar-refractivity contribution in [3.05, 3.63) is 145 Å². The molecular weight excluding hydrogens is 446 g/mol. The molecule has 1 aliphatic carbocycles. The highest BCUT2D eigenvalue weighted by Gasteiger charge is 2.21. The van der Waals surface area contributed by atoms with Crippen LogP contribution in [0.25, 0.3) is 56.0 Å². The van der Waals surface area contributed by atoms with Gasteiger partial charge in [-0.3, -0.25) is 0 Å². The predicted octanol–water partition coefficient (Wildman–Crippen LogP) is 9.59. The van der Waals surface area contributed by atoms with Crippen LogP contribution in [-0.2, 0) is 6.42 Å². The maximum atomic E-state index is 2.50. The van der Waals surface area contributed by atoms with Crippen LogP contribution >= 0.6 is 0 Å². The Hall–Kier alpha value is -4.62. The molecule has 0 radical (unpaired) electrons. The van der Waals surface area contributed by atoms with Crippen LogP contribution in [0, 0.1) is 0 Å². The van der Waals surface area contributed by atoms with Gasteiger partial charge < -0.3 is 4.57 Å². The van der Waals surface area contributed by atoms with Crippen LogP contribution in [0.3, 0.4) is 0 Å². The number of hydrogen-bond donors (Lipinski definition) is 0. The summed E-state index contributed by atoms with van der Waals surface area (Å²) in [5, 5.41) is 1.32. The Bertz CT molecular complexity index is 1770. The van der Waals surface area contributed by atoms with Crippen molar-refractivity contribution in [2.45, 2.75) is 12.8 Å². The summed E-state index contributed by atoms with van der Waals surface area (Å²) in [5.74, 6) is 0. The van der Waals surface area contributed by atoms with E-state index in [0.717, 1.165) is 12.8 Å². The van der Waals surface area contributed by atoms with E-state index in [-0.39, 0.29) is 0 Å². The van der Waals surface area contributed by atoms with Crippen molar-refractivity contribution in [2.24, 2.45) is 0 Å². The van der Waals surface area contributed by atoms with E-state index in [1.165, 1.54) is 61.2 Å². The van der Waals surface area contributed by atoms with E-state index in [1.807, 2.05) is 0 Å². The molecule has 0 atom stereocenters. The highest BCUT2D eigenvalue weighted by Crippen LogP contribution is 2.42. The molecule has 1 aliphatic rings. The van der Waals surface area contributed by atoms with Crippen molar-refractivity contribution in [3.63, 3.8) is 0 Å². The monoisotopic (exact) mass is 473 g/mol. The van der Waals surface area contributed by atoms with Gasteiger partial charge in [0, 0.05) is 22.2 Å². The number of aromatic nitrogens is 1. The lowest BCUT2D eigenvalue weighted by atomic mass is 9.89. The van der Waals surface area contributed by atoms with Gasteiger partial charge in [-0.05, 0) is 52.8 Å². The molecule has 0 fully saturated rings. The molecule has 0 N–H and O–H groups in total. The van der Waals surface area contributed by atoms with Crippen LogP contribution < -0.4 is 0 Å². The van der Waals surface area contributed by atoms with E-state index in [2.05, 4.69) is 144 Å². The van der Waals surface area contributed by atoms with Crippen molar-refractivity contribution in [1.82, 2.24) is 4.57 Å². The molecule has 0 spiro atoms. The SMILES string of the molecule is C1=Cc2c(n(-c3ccccc3-c3ccccc3-c3ccccc3-c3ccccc3)c3ccccc23)CC1. The van der Waals surface area contributed by atoms with E-state index in [4.69, 9.17) is 0 Å². The zero-order chi connectivity index (χ0) is 24.6. The quantitative estimate of drug-likeness (QED) is 0.240. The van der Waals surface area contributed by atoms with Gasteiger partial charge >= 0.3 is 0 Å². The zero-order valence-corrected chi connectivity index (χ0v) is 20.6. The standard InChI is InChI=1S/C36H27N/c1-2-14-26(15-3-1)27-16-4-5-17-28(27)29-18-6-7-19-30(29)31-20-8-11-23-34(31)37-35-24-12-9-21-32(35)33-22-10-13-25-36(33)37/h1-12,14-24H,13,25H2. The molecule has 1 heteroatoms. The third-order valence-electron chi connectivity index (χ3n) is 7.51. The lowest BCUT2D eigenvalue weighted by molar-refractivity contribution is 0.889. The maximum Gasteiger partial charge on any atom is 0.0537 e. The minimum absolute atomic E-state index is 1.05. The van der Waals surface area contributed by atoms with Gasteiger partial charge in [0.05, 0.1) is 11.2 Å². The van der Waals surface area contributed by atoms with Crippen molar-refractivity contribution >= 4 is 17.0 Å². The van der Waals surface area contributed by atoms with Crippen LogP contribution in [-0.4, -0.2) is 4.57 Å². The van der Waals surface area contributed by atoms with E-state index in [0.29, 0.717) is 0 Å². The Balaban J connectivity index is 1.49. The van der Waals surface area contributed by atoms with Gasteiger partial charge in [0.2, 0.25) is 0 Å². The first-order valence-corrected chi connectivity index (χ1v) is 13.0. The van der Waals surface area contributed by atoms with Crippen molar-refractivity contribution in [3.8, 4) is 39.1 Å². The van der Waals surface area contributed by atoms with E-state index in [9.17, 15) is 0 Å². The van der Waals surface area contributed by atoms with Gasteiger partial charge in [0.25, 0.3) is 0 Å². The highest BCUT2D eigenvalue weighted by molar-refractivity contribution is 5.97. The van der Waals surface area contributed by atoms with Crippen molar-refractivity contribution in [1.29, 1.82) is 0 Å². The summed E-state index contributed by atoms with van der Waals surface area (Å²) in [6.07, 6.45) is 6.74. The molecule has 0 saturated carbocycles. The zero-order valence-electron chi connectivity index (χ0n) is 20.6. The van der Waals surface area contributed by atoms with E-state index >= 15 is 0 Å². The number of rotatable bonds is 4. The van der Waals surface area contributed by atoms with Gasteiger partial charge in [-0.2, -0.15) is 0 Å². The summed E-state index contributed by atoms with van der Waals surface area (Å²) in [5.41, 5.74) is 12.8. The van der Waals surface area contributed by atoms with Gasteiger partial charge in [-0.25, -0.2) is 0 Å². The van der Waals surface area contributed by atoms with E-state index in [1.54, 1.807) is 0 Å². The summed E-state index contributed by atoms with van der Waals surface area (Å²) in [4.78, 5) is 0. The molecule has 176 valence electrons. The third kappa shape index (κ3) is 3.63. The minimum Gasteiger partial charge on any atom is -0.312 e. The summed E-state index contributed by atoms with van der Waals surface area (Å²) in [6, 6.07) is 46.0. The second-order valence-corrected chi connectivity index (χ2v) is 9.63. The van der Waals surface area contributed by atoms with Crippen LogP contribution in [0.15, 0.2) is 133 Å². The summed E-state index contributed by atoms with van der Waals surface area (Å²) in [7, 11) is 0. The summed E-state index contributed by atoms with van der Waals surface area (Å²) in [6.45, 7) is 0. The second kappa shape index (κ2) is 9.11. The lowest BCUT2D eigenvalue weighted by Gasteiger charge is -2.20. The molecule has 0 aliphatic heterocycles. The third-order valence-corrected chi connectivity index (χ3v) is 7.51. The maximum absolute atomic E-state index is 2.50. The molecule has 0 unspecified atom stereocenters. The van der Waals surface area contributed by atoms with Crippen molar-refractivity contribution < 1.29 is 0 Å². The molecule has 5 aromatic carbocycles. The Morgan fingerprint density at radius 2 is 1.05 bits per heavy atom. The molecular formula is C36H27N. The molecule has 7 rings (SSSR count). The molecule has 1 heterocycles. The Morgan fingerprint density at radius 3 is 1.84 bits per heavy atom. The number of fused-ring (bicyclic) bond motifs is 3. The number of hydrogen-bond acceptors (Lipinski definition) is 0. The smallest absolute Gasteiger partial charge is 0.0537 e. The Morgan fingerprint density at radius 1 is 0.486 bits per heavy atom. The average Bonchev–Trinajstić information content (AvgIpc) is 3.32. The number of nitrogens with zero attached hydrogens (tertiary/aromatic N) is 1. The molecule has 6 aromatic rings. The summed E-state index contributed by atoms with van der Waals surface area (Å²) < 4.78 is 2.50. The molecule has 0 saturated heterocycles. The lowest BCUT2D eigenvalue weighted by Crippen LogP contribution is -2.04. The molecule has 0 bridgehead atoms. The average molecular weight is 474 g/mol. The van der Waals surface area contributed by atoms with Gasteiger partial charge in [-0.15, -0.1) is 0 Å². The molecule has 1 nitrogen and oxygen atoms in total. The number of benzene rings is 5. The fourth-order valence-corrected chi connectivity index (χ4v) is 5.88. The topological polar surface area (TPSA) is 4.93 Å². The van der Waals surface area contributed by atoms with E-state index < -0.39 is 0 Å². The molecule has 37 heavy (non-hydrogen) atoms. The fraction of sp³-hybridized carbons (Fsp3) is 0.0556. The predicted molar refractivity (Wildman–Crippen MR) is 157 cm³/mol. The molecule has 0 amide bonds. The largest absolute Gasteiger partial charge is 0.312 e. The second-order valence-electron chi connectivity index (χ2n) is 9.63. The normalized spacial score (nSPS) is 12.5. The van der Waals surface area contributed by atoms with Crippen LogP contribution in [0.5, 0.6) is 0 Å². The van der Waals surface area contributed by atoms with Gasteiger partial charge in [0.15, 0.2) is 0 Å². The van der Waals surface area contributed by atoms with Crippen LogP contribution in [0.2, 0.25) is 0 Å². The summed E-state index contributed by atoms with van der Waals surface area (Å²) >= 11 is 0. The Labute approximate surface area is 218 Å². The van der Waals surface area contributed by atoms with Crippen molar-refractivity contribution in [2.75, 3.05) is 0 Å². The van der Waals surface area contributed by atoms with Crippen LogP contribution in [0.1, 0.15) is 17.7 Å². The Kier molecular flexibility index (Phi) is 5.33. The van der Waals surface area contributed by atoms with Gasteiger partial charge in [0.1, 0.15) is 0 Å². The fourth-order valence-electron chi connectivity index (χ4n) is 5.88. The first-order chi connectivity index (χ1) is 18.4. The van der Waals surface area contributed by atoms with Gasteiger partial charge in [-0.1, -0.05) is 127 Å². The number of allylic oxidation sites excluding steroid dienone is 1. The minimum atomic E-state index is 1.05. The van der Waals surface area contributed by atoms with Crippen LogP contribution in [0.4, 0.5) is 0 Å². The first kappa shape index (κ1) is 21.6. The first-order valence-electron chi connectivity index (χ1n) is 13.0. The highest BCUT2D eigenvalue weighted by atomic mass is 15.0. The molecule has 1 aromatic heterocycles. The number of para-hydroxylation sites is 2.